The van der Waals surface area contributed by atoms with Gasteiger partial charge in [-0.25, -0.2) is 0 Å². The zero-order valence-electron chi connectivity index (χ0n) is 13.5. The standard InChI is InChI=1S/C17H34N2O/c1-3-17(8-11-20-12-9-17)14-19-15(2)13-16-7-5-4-6-10-18-16/h15-16,18-19H,3-14H2,1-2H3. The monoisotopic (exact) mass is 282 g/mol. The molecule has 0 aromatic carbocycles. The SMILES string of the molecule is CCC1(CNC(C)CC2CCCCCN2)CCOCC1. The van der Waals surface area contributed by atoms with E-state index in [9.17, 15) is 0 Å². The van der Waals surface area contributed by atoms with Gasteiger partial charge in [0.15, 0.2) is 0 Å². The summed E-state index contributed by atoms with van der Waals surface area (Å²) in [5, 5.41) is 7.53. The minimum absolute atomic E-state index is 0.489. The molecule has 0 radical (unpaired) electrons. The third-order valence-corrected chi connectivity index (χ3v) is 5.43. The molecule has 2 fully saturated rings. The number of nitrogens with one attached hydrogen (secondary N) is 2. The van der Waals surface area contributed by atoms with Gasteiger partial charge in [-0.15, -0.1) is 0 Å². The largest absolute Gasteiger partial charge is 0.381 e. The second-order valence-corrected chi connectivity index (χ2v) is 6.98. The maximum Gasteiger partial charge on any atom is 0.0471 e. The molecule has 3 heteroatoms. The average molecular weight is 282 g/mol. The van der Waals surface area contributed by atoms with Crippen molar-refractivity contribution in [3.8, 4) is 0 Å². The van der Waals surface area contributed by atoms with Crippen molar-refractivity contribution in [2.75, 3.05) is 26.3 Å². The summed E-state index contributed by atoms with van der Waals surface area (Å²) in [5.41, 5.74) is 0.489. The van der Waals surface area contributed by atoms with Gasteiger partial charge in [-0.1, -0.05) is 19.8 Å². The van der Waals surface area contributed by atoms with Crippen molar-refractivity contribution < 1.29 is 4.74 Å². The van der Waals surface area contributed by atoms with Gasteiger partial charge >= 0.3 is 0 Å². The molecule has 0 amide bonds. The molecule has 0 aliphatic carbocycles. The summed E-state index contributed by atoms with van der Waals surface area (Å²) in [4.78, 5) is 0. The lowest BCUT2D eigenvalue weighted by Crippen LogP contribution is -2.44. The smallest absolute Gasteiger partial charge is 0.0471 e. The first kappa shape index (κ1) is 16.3. The number of rotatable bonds is 6. The second kappa shape index (κ2) is 8.35. The van der Waals surface area contributed by atoms with E-state index in [0.717, 1.165) is 19.3 Å². The highest BCUT2D eigenvalue weighted by molar-refractivity contribution is 4.85. The van der Waals surface area contributed by atoms with Crippen LogP contribution in [-0.2, 0) is 4.74 Å². The minimum Gasteiger partial charge on any atom is -0.381 e. The Balaban J connectivity index is 1.71. The fourth-order valence-electron chi connectivity index (χ4n) is 3.66. The molecule has 0 bridgehead atoms. The summed E-state index contributed by atoms with van der Waals surface area (Å²) in [6, 6.07) is 1.35. The van der Waals surface area contributed by atoms with Gasteiger partial charge < -0.3 is 15.4 Å². The molecule has 2 N–H and O–H groups in total. The number of hydrogen-bond acceptors (Lipinski definition) is 3. The van der Waals surface area contributed by atoms with Crippen LogP contribution in [-0.4, -0.2) is 38.4 Å². The first-order chi connectivity index (χ1) is 9.74. The van der Waals surface area contributed by atoms with Crippen molar-refractivity contribution in [2.45, 2.75) is 77.3 Å². The molecule has 0 aromatic heterocycles. The van der Waals surface area contributed by atoms with E-state index < -0.39 is 0 Å². The van der Waals surface area contributed by atoms with Crippen LogP contribution in [0, 0.1) is 5.41 Å². The Bertz CT molecular complexity index is 256. The van der Waals surface area contributed by atoms with E-state index >= 15 is 0 Å². The molecule has 0 aromatic rings. The summed E-state index contributed by atoms with van der Waals surface area (Å²) in [6.45, 7) is 8.98. The fourth-order valence-corrected chi connectivity index (χ4v) is 3.66. The summed E-state index contributed by atoms with van der Waals surface area (Å²) in [5.74, 6) is 0. The Kier molecular flexibility index (Phi) is 6.79. The predicted octanol–water partition coefficient (Wildman–Crippen LogP) is 3.09. The van der Waals surface area contributed by atoms with Gasteiger partial charge in [0.05, 0.1) is 0 Å². The maximum absolute atomic E-state index is 5.53. The number of ether oxygens (including phenoxy) is 1. The zero-order valence-corrected chi connectivity index (χ0v) is 13.5. The van der Waals surface area contributed by atoms with Crippen molar-refractivity contribution in [1.82, 2.24) is 10.6 Å². The molecule has 2 aliphatic heterocycles. The first-order valence-corrected chi connectivity index (χ1v) is 8.79. The molecule has 118 valence electrons. The lowest BCUT2D eigenvalue weighted by molar-refractivity contribution is 0.0115. The van der Waals surface area contributed by atoms with Crippen LogP contribution < -0.4 is 10.6 Å². The Morgan fingerprint density at radius 3 is 2.80 bits per heavy atom. The van der Waals surface area contributed by atoms with Gasteiger partial charge in [-0.3, -0.25) is 0 Å². The van der Waals surface area contributed by atoms with Crippen LogP contribution in [0.1, 0.15) is 65.2 Å². The van der Waals surface area contributed by atoms with E-state index in [0.29, 0.717) is 11.5 Å². The lowest BCUT2D eigenvalue weighted by atomic mass is 9.77. The molecule has 0 saturated carbocycles. The quantitative estimate of drug-likeness (QED) is 0.785. The minimum atomic E-state index is 0.489. The first-order valence-electron chi connectivity index (χ1n) is 8.79. The molecule has 0 spiro atoms. The fraction of sp³-hybridized carbons (Fsp3) is 1.00. The Labute approximate surface area is 125 Å². The Morgan fingerprint density at radius 1 is 1.25 bits per heavy atom. The van der Waals surface area contributed by atoms with Crippen LogP contribution in [0.2, 0.25) is 0 Å². The zero-order chi connectivity index (χ0) is 14.3. The third kappa shape index (κ3) is 5.01. The molecule has 2 aliphatic rings. The predicted molar refractivity (Wildman–Crippen MR) is 85.1 cm³/mol. The van der Waals surface area contributed by atoms with Crippen LogP contribution in [0.15, 0.2) is 0 Å². The molecule has 2 saturated heterocycles. The van der Waals surface area contributed by atoms with Crippen molar-refractivity contribution in [3.05, 3.63) is 0 Å². The highest BCUT2D eigenvalue weighted by atomic mass is 16.5. The summed E-state index contributed by atoms with van der Waals surface area (Å²) in [7, 11) is 0. The Hall–Kier alpha value is -0.120. The van der Waals surface area contributed by atoms with E-state index in [-0.39, 0.29) is 0 Å². The van der Waals surface area contributed by atoms with Gasteiger partial charge in [0.1, 0.15) is 0 Å². The van der Waals surface area contributed by atoms with E-state index in [4.69, 9.17) is 4.74 Å². The molecule has 2 rings (SSSR count). The van der Waals surface area contributed by atoms with Gasteiger partial charge in [0, 0.05) is 31.8 Å². The van der Waals surface area contributed by atoms with E-state index in [2.05, 4.69) is 24.5 Å². The molecular formula is C17H34N2O. The third-order valence-electron chi connectivity index (χ3n) is 5.43. The van der Waals surface area contributed by atoms with Gasteiger partial charge in [-0.05, 0) is 57.4 Å². The van der Waals surface area contributed by atoms with Crippen LogP contribution >= 0.6 is 0 Å². The highest BCUT2D eigenvalue weighted by Crippen LogP contribution is 2.33. The van der Waals surface area contributed by atoms with Crippen molar-refractivity contribution in [3.63, 3.8) is 0 Å². The normalized spacial score (nSPS) is 28.8. The topological polar surface area (TPSA) is 33.3 Å². The molecule has 2 unspecified atom stereocenters. The molecule has 2 heterocycles. The summed E-state index contributed by atoms with van der Waals surface area (Å²) < 4.78 is 5.53. The van der Waals surface area contributed by atoms with Crippen molar-refractivity contribution >= 4 is 0 Å². The maximum atomic E-state index is 5.53. The van der Waals surface area contributed by atoms with Crippen molar-refractivity contribution in [1.29, 1.82) is 0 Å². The number of hydrogen-bond donors (Lipinski definition) is 2. The van der Waals surface area contributed by atoms with Crippen LogP contribution in [0.5, 0.6) is 0 Å². The average Bonchev–Trinajstić information content (AvgIpc) is 2.75. The molecular weight excluding hydrogens is 248 g/mol. The molecule has 20 heavy (non-hydrogen) atoms. The van der Waals surface area contributed by atoms with E-state index in [1.807, 2.05) is 0 Å². The van der Waals surface area contributed by atoms with E-state index in [1.165, 1.54) is 64.5 Å². The van der Waals surface area contributed by atoms with Crippen LogP contribution in [0.4, 0.5) is 0 Å². The van der Waals surface area contributed by atoms with Gasteiger partial charge in [-0.2, -0.15) is 0 Å². The van der Waals surface area contributed by atoms with Gasteiger partial charge in [0.25, 0.3) is 0 Å². The second-order valence-electron chi connectivity index (χ2n) is 6.98. The van der Waals surface area contributed by atoms with Gasteiger partial charge in [0.2, 0.25) is 0 Å². The highest BCUT2D eigenvalue weighted by Gasteiger charge is 2.30. The van der Waals surface area contributed by atoms with Crippen LogP contribution in [0.3, 0.4) is 0 Å². The summed E-state index contributed by atoms with van der Waals surface area (Å²) in [6.07, 6.45) is 10.5. The molecule has 2 atom stereocenters. The Morgan fingerprint density at radius 2 is 2.05 bits per heavy atom. The van der Waals surface area contributed by atoms with Crippen molar-refractivity contribution in [2.24, 2.45) is 5.41 Å². The lowest BCUT2D eigenvalue weighted by Gasteiger charge is -2.38. The summed E-state index contributed by atoms with van der Waals surface area (Å²) >= 11 is 0. The van der Waals surface area contributed by atoms with Crippen LogP contribution in [0.25, 0.3) is 0 Å². The van der Waals surface area contributed by atoms with E-state index in [1.54, 1.807) is 0 Å². The molecule has 3 nitrogen and oxygen atoms in total.